The molecule has 0 aromatic carbocycles. The monoisotopic (exact) mass is 421 g/mol. The third kappa shape index (κ3) is 9.91. The van der Waals surface area contributed by atoms with Gasteiger partial charge < -0.3 is 25.4 Å². The normalized spacial score (nSPS) is 14.2. The number of rotatable bonds is 9. The van der Waals surface area contributed by atoms with Crippen LogP contribution in [0.3, 0.4) is 0 Å². The topological polar surface area (TPSA) is 99.1 Å². The minimum atomic E-state index is -0.688. The lowest BCUT2D eigenvalue weighted by Crippen LogP contribution is -2.45. The van der Waals surface area contributed by atoms with Crippen LogP contribution in [0.5, 0.6) is 0 Å². The van der Waals surface area contributed by atoms with Crippen LogP contribution < -0.4 is 10.6 Å². The molecule has 170 valence electrons. The van der Waals surface area contributed by atoms with E-state index in [9.17, 15) is 9.90 Å². The molecule has 1 aromatic rings. The summed E-state index contributed by atoms with van der Waals surface area (Å²) < 4.78 is 5.39. The highest BCUT2D eigenvalue weighted by Gasteiger charge is 2.22. The van der Waals surface area contributed by atoms with E-state index in [2.05, 4.69) is 34.5 Å². The van der Waals surface area contributed by atoms with Gasteiger partial charge in [-0.05, 0) is 57.7 Å². The van der Waals surface area contributed by atoms with Crippen molar-refractivity contribution >= 4 is 12.1 Å². The van der Waals surface area contributed by atoms with Crippen LogP contribution in [0.4, 0.5) is 4.79 Å². The molecule has 0 saturated heterocycles. The molecule has 8 heteroatoms. The molecular weight excluding hydrogens is 382 g/mol. The lowest BCUT2D eigenvalue weighted by atomic mass is 10.0. The van der Waals surface area contributed by atoms with Gasteiger partial charge in [-0.3, -0.25) is 9.98 Å². The van der Waals surface area contributed by atoms with Gasteiger partial charge in [0.2, 0.25) is 0 Å². The van der Waals surface area contributed by atoms with Crippen LogP contribution in [-0.2, 0) is 4.74 Å². The second kappa shape index (κ2) is 12.4. The molecule has 8 nitrogen and oxygen atoms in total. The Morgan fingerprint density at radius 2 is 1.93 bits per heavy atom. The van der Waals surface area contributed by atoms with Crippen molar-refractivity contribution in [2.24, 2.45) is 10.9 Å². The Morgan fingerprint density at radius 1 is 1.30 bits per heavy atom. The molecule has 1 heterocycles. The van der Waals surface area contributed by atoms with Gasteiger partial charge in [0.1, 0.15) is 5.60 Å². The minimum absolute atomic E-state index is 0.0208. The number of hydrogen-bond donors (Lipinski definition) is 3. The molecule has 0 bridgehead atoms. The van der Waals surface area contributed by atoms with Crippen LogP contribution >= 0.6 is 0 Å². The van der Waals surface area contributed by atoms with Crippen molar-refractivity contribution in [1.82, 2.24) is 20.5 Å². The fourth-order valence-electron chi connectivity index (χ4n) is 2.80. The molecule has 2 unspecified atom stereocenters. The van der Waals surface area contributed by atoms with E-state index in [1.54, 1.807) is 24.5 Å². The molecule has 0 radical (unpaired) electrons. The van der Waals surface area contributed by atoms with E-state index in [-0.39, 0.29) is 18.5 Å². The van der Waals surface area contributed by atoms with E-state index >= 15 is 0 Å². The number of carbonyl (C=O) groups excluding carboxylic acids is 1. The SMILES string of the molecule is CCNC(=NCC(O)c1ccncc1)N(C)CCC(NC(=O)OC(C)(C)C)C(C)C. The standard InChI is InChI=1S/C22H39N5O3/c1-8-24-20(25-15-19(28)17-9-12-23-13-10-17)27(7)14-11-18(16(2)3)26-21(29)30-22(4,5)6/h9-10,12-13,16,18-19,28H,8,11,14-15H2,1-7H3,(H,24,25)(H,26,29). The number of hydrogen-bond acceptors (Lipinski definition) is 5. The van der Waals surface area contributed by atoms with E-state index in [1.807, 2.05) is 39.6 Å². The Kier molecular flexibility index (Phi) is 10.6. The van der Waals surface area contributed by atoms with E-state index in [0.29, 0.717) is 12.5 Å². The smallest absolute Gasteiger partial charge is 0.407 e. The van der Waals surface area contributed by atoms with Crippen LogP contribution in [0.2, 0.25) is 0 Å². The molecule has 2 atom stereocenters. The second-order valence-corrected chi connectivity index (χ2v) is 8.70. The first-order chi connectivity index (χ1) is 14.0. The summed E-state index contributed by atoms with van der Waals surface area (Å²) in [5.74, 6) is 0.976. The third-order valence-electron chi connectivity index (χ3n) is 4.48. The molecule has 0 aliphatic heterocycles. The number of nitrogens with zero attached hydrogens (tertiary/aromatic N) is 3. The molecule has 30 heavy (non-hydrogen) atoms. The quantitative estimate of drug-likeness (QED) is 0.419. The summed E-state index contributed by atoms with van der Waals surface area (Å²) in [7, 11) is 1.95. The molecule has 1 amide bonds. The highest BCUT2D eigenvalue weighted by atomic mass is 16.6. The van der Waals surface area contributed by atoms with Gasteiger partial charge in [-0.2, -0.15) is 0 Å². The average Bonchev–Trinajstić information content (AvgIpc) is 2.66. The molecular formula is C22H39N5O3. The zero-order valence-corrected chi connectivity index (χ0v) is 19.5. The molecule has 0 saturated carbocycles. The largest absolute Gasteiger partial charge is 0.444 e. The molecule has 0 fully saturated rings. The maximum absolute atomic E-state index is 12.2. The van der Waals surface area contributed by atoms with Crippen molar-refractivity contribution in [3.63, 3.8) is 0 Å². The lowest BCUT2D eigenvalue weighted by molar-refractivity contribution is 0.0485. The second-order valence-electron chi connectivity index (χ2n) is 8.70. The first-order valence-corrected chi connectivity index (χ1v) is 10.6. The van der Waals surface area contributed by atoms with Gasteiger partial charge in [-0.15, -0.1) is 0 Å². The zero-order valence-electron chi connectivity index (χ0n) is 19.5. The fourth-order valence-corrected chi connectivity index (χ4v) is 2.80. The van der Waals surface area contributed by atoms with Gasteiger partial charge in [0.25, 0.3) is 0 Å². The highest BCUT2D eigenvalue weighted by Crippen LogP contribution is 2.13. The van der Waals surface area contributed by atoms with Gasteiger partial charge >= 0.3 is 6.09 Å². The Labute approximate surface area is 181 Å². The van der Waals surface area contributed by atoms with E-state index in [4.69, 9.17) is 4.74 Å². The number of aromatic nitrogens is 1. The molecule has 0 aliphatic carbocycles. The van der Waals surface area contributed by atoms with E-state index < -0.39 is 17.8 Å². The Balaban J connectivity index is 2.69. The first-order valence-electron chi connectivity index (χ1n) is 10.6. The average molecular weight is 422 g/mol. The van der Waals surface area contributed by atoms with Gasteiger partial charge in [0, 0.05) is 38.6 Å². The van der Waals surface area contributed by atoms with Crippen molar-refractivity contribution in [2.45, 2.75) is 65.7 Å². The molecule has 0 spiro atoms. The van der Waals surface area contributed by atoms with Crippen LogP contribution in [0, 0.1) is 5.92 Å². The number of aliphatic hydroxyl groups excluding tert-OH is 1. The summed E-state index contributed by atoms with van der Waals surface area (Å²) in [4.78, 5) is 22.7. The highest BCUT2D eigenvalue weighted by molar-refractivity contribution is 5.79. The fraction of sp³-hybridized carbons (Fsp3) is 0.682. The van der Waals surface area contributed by atoms with Gasteiger partial charge in [0.05, 0.1) is 12.6 Å². The number of pyridine rings is 1. The molecule has 1 aromatic heterocycles. The summed E-state index contributed by atoms with van der Waals surface area (Å²) in [5.41, 5.74) is 0.261. The van der Waals surface area contributed by atoms with Gasteiger partial charge in [-0.1, -0.05) is 13.8 Å². The Hall–Kier alpha value is -2.35. The number of aliphatic hydroxyl groups is 1. The van der Waals surface area contributed by atoms with E-state index in [1.165, 1.54) is 0 Å². The molecule has 0 aliphatic rings. The minimum Gasteiger partial charge on any atom is -0.444 e. The van der Waals surface area contributed by atoms with Gasteiger partial charge in [-0.25, -0.2) is 4.79 Å². The van der Waals surface area contributed by atoms with Crippen LogP contribution in [-0.4, -0.2) is 65.4 Å². The summed E-state index contributed by atoms with van der Waals surface area (Å²) in [6.45, 7) is 13.4. The Morgan fingerprint density at radius 3 is 2.47 bits per heavy atom. The maximum Gasteiger partial charge on any atom is 0.407 e. The molecule has 1 rings (SSSR count). The van der Waals surface area contributed by atoms with Crippen molar-refractivity contribution in [3.8, 4) is 0 Å². The summed E-state index contributed by atoms with van der Waals surface area (Å²) in [6, 6.07) is 3.55. The first kappa shape index (κ1) is 25.7. The number of alkyl carbamates (subject to hydrolysis) is 1. The van der Waals surface area contributed by atoms with Crippen molar-refractivity contribution in [1.29, 1.82) is 0 Å². The summed E-state index contributed by atoms with van der Waals surface area (Å²) in [5, 5.41) is 16.6. The number of ether oxygens (including phenoxy) is 1. The maximum atomic E-state index is 12.2. The predicted octanol–water partition coefficient (Wildman–Crippen LogP) is 2.95. The number of guanidine groups is 1. The summed E-state index contributed by atoms with van der Waals surface area (Å²) in [6.07, 6.45) is 2.97. The number of amides is 1. The molecule has 3 N–H and O–H groups in total. The number of aliphatic imine (C=N–C) groups is 1. The predicted molar refractivity (Wildman–Crippen MR) is 120 cm³/mol. The van der Waals surface area contributed by atoms with Crippen molar-refractivity contribution < 1.29 is 14.6 Å². The zero-order chi connectivity index (χ0) is 22.7. The van der Waals surface area contributed by atoms with Crippen molar-refractivity contribution in [2.75, 3.05) is 26.7 Å². The number of nitrogens with one attached hydrogen (secondary N) is 2. The van der Waals surface area contributed by atoms with Crippen LogP contribution in [0.1, 0.15) is 59.6 Å². The summed E-state index contributed by atoms with van der Waals surface area (Å²) >= 11 is 0. The van der Waals surface area contributed by atoms with E-state index in [0.717, 1.165) is 18.5 Å². The third-order valence-corrected chi connectivity index (χ3v) is 4.48. The number of carbonyl (C=O) groups is 1. The van der Waals surface area contributed by atoms with Crippen LogP contribution in [0.25, 0.3) is 0 Å². The van der Waals surface area contributed by atoms with Crippen molar-refractivity contribution in [3.05, 3.63) is 30.1 Å². The van der Waals surface area contributed by atoms with Gasteiger partial charge in [0.15, 0.2) is 5.96 Å². The lowest BCUT2D eigenvalue weighted by Gasteiger charge is -2.28. The van der Waals surface area contributed by atoms with Crippen LogP contribution in [0.15, 0.2) is 29.5 Å². The Bertz CT molecular complexity index is 658.